The number of rotatable bonds is 2. The molecule has 0 aliphatic carbocycles. The van der Waals surface area contributed by atoms with Crippen molar-refractivity contribution >= 4 is 23.2 Å². The van der Waals surface area contributed by atoms with Gasteiger partial charge in [0.1, 0.15) is 5.82 Å². The Bertz CT molecular complexity index is 702. The summed E-state index contributed by atoms with van der Waals surface area (Å²) in [4.78, 5) is 29.0. The SMILES string of the molecule is O=C(c1cccc(F)c1)N1CCCN(C(=O)c2cccs2)CC1. The molecule has 2 aromatic rings. The average Bonchev–Trinajstić information content (AvgIpc) is 2.98. The van der Waals surface area contributed by atoms with Crippen molar-refractivity contribution in [1.82, 2.24) is 9.80 Å². The van der Waals surface area contributed by atoms with Gasteiger partial charge in [0.25, 0.3) is 11.8 Å². The van der Waals surface area contributed by atoms with Gasteiger partial charge < -0.3 is 9.80 Å². The number of carbonyl (C=O) groups excluding carboxylic acids is 2. The topological polar surface area (TPSA) is 40.6 Å². The Hall–Kier alpha value is -2.21. The minimum Gasteiger partial charge on any atom is -0.337 e. The number of halogens is 1. The van der Waals surface area contributed by atoms with Gasteiger partial charge in [-0.05, 0) is 36.1 Å². The number of thiophene rings is 1. The van der Waals surface area contributed by atoms with E-state index in [1.807, 2.05) is 17.5 Å². The van der Waals surface area contributed by atoms with Crippen LogP contribution in [0.25, 0.3) is 0 Å². The molecule has 0 bridgehead atoms. The van der Waals surface area contributed by atoms with E-state index in [1.165, 1.54) is 29.5 Å². The standard InChI is InChI=1S/C17H17FN2O2S/c18-14-5-1-4-13(12-14)16(21)19-7-3-8-20(10-9-19)17(22)15-6-2-11-23-15/h1-2,4-6,11-12H,3,7-10H2. The van der Waals surface area contributed by atoms with E-state index < -0.39 is 5.82 Å². The molecule has 1 aliphatic heterocycles. The van der Waals surface area contributed by atoms with Crippen LogP contribution in [0.2, 0.25) is 0 Å². The van der Waals surface area contributed by atoms with Crippen LogP contribution in [0, 0.1) is 5.82 Å². The number of nitrogens with zero attached hydrogens (tertiary/aromatic N) is 2. The van der Waals surface area contributed by atoms with Crippen molar-refractivity contribution in [2.75, 3.05) is 26.2 Å². The fourth-order valence-corrected chi connectivity index (χ4v) is 3.37. The van der Waals surface area contributed by atoms with Crippen LogP contribution in [0.15, 0.2) is 41.8 Å². The van der Waals surface area contributed by atoms with E-state index in [-0.39, 0.29) is 11.8 Å². The number of hydrogen-bond donors (Lipinski definition) is 0. The normalized spacial score (nSPS) is 15.3. The van der Waals surface area contributed by atoms with Crippen LogP contribution >= 0.6 is 11.3 Å². The Morgan fingerprint density at radius 1 is 0.957 bits per heavy atom. The summed E-state index contributed by atoms with van der Waals surface area (Å²) in [6.45, 7) is 2.16. The highest BCUT2D eigenvalue weighted by Gasteiger charge is 2.24. The van der Waals surface area contributed by atoms with Crippen molar-refractivity contribution in [3.05, 3.63) is 58.0 Å². The molecule has 2 amide bonds. The van der Waals surface area contributed by atoms with Crippen molar-refractivity contribution in [3.8, 4) is 0 Å². The Kier molecular flexibility index (Phi) is 4.71. The molecule has 0 atom stereocenters. The maximum atomic E-state index is 13.3. The number of amides is 2. The lowest BCUT2D eigenvalue weighted by Gasteiger charge is -2.22. The molecule has 120 valence electrons. The van der Waals surface area contributed by atoms with Crippen LogP contribution < -0.4 is 0 Å². The molecular formula is C17H17FN2O2S. The van der Waals surface area contributed by atoms with Gasteiger partial charge in [0.05, 0.1) is 4.88 Å². The first-order valence-electron chi connectivity index (χ1n) is 7.53. The van der Waals surface area contributed by atoms with Gasteiger partial charge in [0.2, 0.25) is 0 Å². The predicted molar refractivity (Wildman–Crippen MR) is 87.1 cm³/mol. The Balaban J connectivity index is 1.66. The first-order chi connectivity index (χ1) is 11.1. The third-order valence-corrected chi connectivity index (χ3v) is 4.73. The molecule has 0 spiro atoms. The Morgan fingerprint density at radius 3 is 2.35 bits per heavy atom. The third kappa shape index (κ3) is 3.59. The molecule has 1 aromatic heterocycles. The summed E-state index contributed by atoms with van der Waals surface area (Å²) in [6, 6.07) is 9.39. The maximum Gasteiger partial charge on any atom is 0.263 e. The summed E-state index contributed by atoms with van der Waals surface area (Å²) in [5.74, 6) is -0.588. The van der Waals surface area contributed by atoms with E-state index in [9.17, 15) is 14.0 Å². The van der Waals surface area contributed by atoms with Crippen molar-refractivity contribution in [2.45, 2.75) is 6.42 Å². The Labute approximate surface area is 138 Å². The minimum atomic E-state index is -0.417. The van der Waals surface area contributed by atoms with Crippen LogP contribution in [0.5, 0.6) is 0 Å². The second kappa shape index (κ2) is 6.91. The predicted octanol–water partition coefficient (Wildman–Crippen LogP) is 2.88. The van der Waals surface area contributed by atoms with Crippen LogP contribution in [0.3, 0.4) is 0 Å². The van der Waals surface area contributed by atoms with Gasteiger partial charge >= 0.3 is 0 Å². The van der Waals surface area contributed by atoms with Gasteiger partial charge in [-0.25, -0.2) is 4.39 Å². The highest BCUT2D eigenvalue weighted by atomic mass is 32.1. The third-order valence-electron chi connectivity index (χ3n) is 3.87. The van der Waals surface area contributed by atoms with Gasteiger partial charge in [0, 0.05) is 31.7 Å². The molecule has 6 heteroatoms. The lowest BCUT2D eigenvalue weighted by Crippen LogP contribution is -2.37. The fourth-order valence-electron chi connectivity index (χ4n) is 2.68. The summed E-state index contributed by atoms with van der Waals surface area (Å²) in [7, 11) is 0. The minimum absolute atomic E-state index is 0.0139. The highest BCUT2D eigenvalue weighted by Crippen LogP contribution is 2.15. The summed E-state index contributed by atoms with van der Waals surface area (Å²) >= 11 is 1.42. The quantitative estimate of drug-likeness (QED) is 0.848. The summed E-state index contributed by atoms with van der Waals surface area (Å²) in [5.41, 5.74) is 0.350. The van der Waals surface area contributed by atoms with Gasteiger partial charge in [-0.1, -0.05) is 12.1 Å². The largest absolute Gasteiger partial charge is 0.337 e. The van der Waals surface area contributed by atoms with Gasteiger partial charge in [-0.2, -0.15) is 0 Å². The number of carbonyl (C=O) groups is 2. The molecule has 23 heavy (non-hydrogen) atoms. The highest BCUT2D eigenvalue weighted by molar-refractivity contribution is 7.12. The summed E-state index contributed by atoms with van der Waals surface area (Å²) in [5, 5.41) is 1.88. The zero-order valence-corrected chi connectivity index (χ0v) is 13.4. The molecule has 3 rings (SSSR count). The molecule has 2 heterocycles. The molecule has 1 fully saturated rings. The summed E-state index contributed by atoms with van der Waals surface area (Å²) < 4.78 is 13.3. The molecule has 0 N–H and O–H groups in total. The lowest BCUT2D eigenvalue weighted by atomic mass is 10.2. The van der Waals surface area contributed by atoms with E-state index in [2.05, 4.69) is 0 Å². The van der Waals surface area contributed by atoms with Crippen molar-refractivity contribution in [2.24, 2.45) is 0 Å². The lowest BCUT2D eigenvalue weighted by molar-refractivity contribution is 0.0721. The second-order valence-corrected chi connectivity index (χ2v) is 6.37. The zero-order valence-electron chi connectivity index (χ0n) is 12.6. The van der Waals surface area contributed by atoms with Gasteiger partial charge in [-0.3, -0.25) is 9.59 Å². The van der Waals surface area contributed by atoms with Crippen LogP contribution in [-0.2, 0) is 0 Å². The second-order valence-electron chi connectivity index (χ2n) is 5.43. The van der Waals surface area contributed by atoms with Crippen molar-refractivity contribution in [1.29, 1.82) is 0 Å². The first kappa shape index (κ1) is 15.7. The van der Waals surface area contributed by atoms with E-state index in [0.29, 0.717) is 31.7 Å². The fraction of sp³-hybridized carbons (Fsp3) is 0.294. The smallest absolute Gasteiger partial charge is 0.263 e. The maximum absolute atomic E-state index is 13.3. The van der Waals surface area contributed by atoms with Gasteiger partial charge in [0.15, 0.2) is 0 Å². The van der Waals surface area contributed by atoms with E-state index in [0.717, 1.165) is 11.3 Å². The molecule has 1 aliphatic rings. The molecule has 0 unspecified atom stereocenters. The molecular weight excluding hydrogens is 315 g/mol. The van der Waals surface area contributed by atoms with E-state index >= 15 is 0 Å². The first-order valence-corrected chi connectivity index (χ1v) is 8.41. The van der Waals surface area contributed by atoms with E-state index in [4.69, 9.17) is 0 Å². The van der Waals surface area contributed by atoms with Crippen molar-refractivity contribution in [3.63, 3.8) is 0 Å². The van der Waals surface area contributed by atoms with Gasteiger partial charge in [-0.15, -0.1) is 11.3 Å². The molecule has 1 aromatic carbocycles. The van der Waals surface area contributed by atoms with Crippen LogP contribution in [0.4, 0.5) is 4.39 Å². The monoisotopic (exact) mass is 332 g/mol. The average molecular weight is 332 g/mol. The van der Waals surface area contributed by atoms with Crippen LogP contribution in [0.1, 0.15) is 26.5 Å². The number of hydrogen-bond acceptors (Lipinski definition) is 3. The molecule has 0 radical (unpaired) electrons. The summed E-state index contributed by atoms with van der Waals surface area (Å²) in [6.07, 6.45) is 0.720. The van der Waals surface area contributed by atoms with Crippen molar-refractivity contribution < 1.29 is 14.0 Å². The van der Waals surface area contributed by atoms with E-state index in [1.54, 1.807) is 15.9 Å². The zero-order chi connectivity index (χ0) is 16.2. The van der Waals surface area contributed by atoms with Crippen LogP contribution in [-0.4, -0.2) is 47.8 Å². The molecule has 0 saturated carbocycles. The Morgan fingerprint density at radius 2 is 1.70 bits per heavy atom. The molecule has 1 saturated heterocycles. The molecule has 4 nitrogen and oxygen atoms in total. The number of benzene rings is 1.